The van der Waals surface area contributed by atoms with Crippen LogP contribution in [0.15, 0.2) is 24.3 Å². The zero-order chi connectivity index (χ0) is 13.5. The van der Waals surface area contributed by atoms with E-state index in [4.69, 9.17) is 5.73 Å². The van der Waals surface area contributed by atoms with Crippen LogP contribution in [0.4, 0.5) is 18.9 Å². The van der Waals surface area contributed by atoms with Crippen LogP contribution in [-0.2, 0) is 6.18 Å². The maximum absolute atomic E-state index is 12.5. The summed E-state index contributed by atoms with van der Waals surface area (Å²) < 4.78 is 39.1. The Morgan fingerprint density at radius 2 is 1.83 bits per heavy atom. The van der Waals surface area contributed by atoms with E-state index >= 15 is 0 Å². The number of benzene rings is 1. The predicted molar refractivity (Wildman–Crippen MR) is 62.5 cm³/mol. The van der Waals surface area contributed by atoms with Crippen molar-refractivity contribution in [1.29, 1.82) is 0 Å². The molecule has 2 aromatic rings. The summed E-state index contributed by atoms with van der Waals surface area (Å²) in [4.78, 5) is 0. The number of anilines is 1. The lowest BCUT2D eigenvalue weighted by atomic mass is 10.1. The third-order valence-electron chi connectivity index (χ3n) is 2.59. The van der Waals surface area contributed by atoms with Crippen LogP contribution in [0.3, 0.4) is 0 Å². The predicted octanol–water partition coefficient (Wildman–Crippen LogP) is 3.09. The van der Waals surface area contributed by atoms with Gasteiger partial charge in [0.2, 0.25) is 0 Å². The lowest BCUT2D eigenvalue weighted by Crippen LogP contribution is -2.09. The number of aryl methyl sites for hydroxylation is 2. The minimum absolute atomic E-state index is 0.0519. The summed E-state index contributed by atoms with van der Waals surface area (Å²) in [6, 6.07) is 5.09. The largest absolute Gasteiger partial charge is 0.416 e. The van der Waals surface area contributed by atoms with Crippen molar-refractivity contribution in [2.24, 2.45) is 0 Å². The Balaban J connectivity index is 2.51. The van der Waals surface area contributed by atoms with Crippen molar-refractivity contribution < 1.29 is 13.2 Å². The van der Waals surface area contributed by atoms with Crippen molar-refractivity contribution in [3.8, 4) is 5.69 Å². The Labute approximate surface area is 102 Å². The normalized spacial score (nSPS) is 11.8. The summed E-state index contributed by atoms with van der Waals surface area (Å²) in [6.07, 6.45) is -4.39. The van der Waals surface area contributed by atoms with Crippen molar-refractivity contribution in [3.05, 3.63) is 41.2 Å². The molecule has 18 heavy (non-hydrogen) atoms. The fraction of sp³-hybridized carbons (Fsp3) is 0.250. The molecule has 2 N–H and O–H groups in total. The molecule has 1 aromatic heterocycles. The maximum atomic E-state index is 12.5. The van der Waals surface area contributed by atoms with Crippen molar-refractivity contribution >= 4 is 5.69 Å². The highest BCUT2D eigenvalue weighted by Crippen LogP contribution is 2.32. The average molecular weight is 255 g/mol. The highest BCUT2D eigenvalue weighted by Gasteiger charge is 2.31. The number of aromatic nitrogens is 2. The molecule has 0 radical (unpaired) electrons. The minimum Gasteiger partial charge on any atom is -0.397 e. The van der Waals surface area contributed by atoms with E-state index in [1.165, 1.54) is 10.7 Å². The molecule has 6 heteroatoms. The van der Waals surface area contributed by atoms with Crippen molar-refractivity contribution in [2.75, 3.05) is 5.73 Å². The molecule has 1 aromatic carbocycles. The van der Waals surface area contributed by atoms with Gasteiger partial charge in [0.25, 0.3) is 0 Å². The zero-order valence-electron chi connectivity index (χ0n) is 9.92. The average Bonchev–Trinajstić information content (AvgIpc) is 2.56. The SMILES string of the molecule is Cc1cc(C)n(-c2ccc(C(F)(F)F)cc2N)n1. The molecular formula is C12H12F3N3. The summed E-state index contributed by atoms with van der Waals surface area (Å²) in [5.74, 6) is 0. The summed E-state index contributed by atoms with van der Waals surface area (Å²) in [5, 5.41) is 4.19. The van der Waals surface area contributed by atoms with Crippen LogP contribution in [0.1, 0.15) is 17.0 Å². The topological polar surface area (TPSA) is 43.8 Å². The molecule has 3 nitrogen and oxygen atoms in total. The molecule has 0 spiro atoms. The van der Waals surface area contributed by atoms with Gasteiger partial charge in [-0.25, -0.2) is 4.68 Å². The third kappa shape index (κ3) is 2.18. The van der Waals surface area contributed by atoms with E-state index in [2.05, 4.69) is 5.10 Å². The van der Waals surface area contributed by atoms with Gasteiger partial charge >= 0.3 is 6.18 Å². The number of nitrogens with zero attached hydrogens (tertiary/aromatic N) is 2. The molecule has 0 atom stereocenters. The molecule has 96 valence electrons. The molecule has 0 aliphatic carbocycles. The van der Waals surface area contributed by atoms with Crippen LogP contribution in [-0.4, -0.2) is 9.78 Å². The second kappa shape index (κ2) is 4.04. The van der Waals surface area contributed by atoms with E-state index < -0.39 is 11.7 Å². The number of rotatable bonds is 1. The number of hydrogen-bond donors (Lipinski definition) is 1. The van der Waals surface area contributed by atoms with E-state index in [1.54, 1.807) is 0 Å². The van der Waals surface area contributed by atoms with Gasteiger partial charge in [-0.2, -0.15) is 18.3 Å². The van der Waals surface area contributed by atoms with Crippen LogP contribution in [0.25, 0.3) is 5.69 Å². The van der Waals surface area contributed by atoms with Crippen LogP contribution < -0.4 is 5.73 Å². The first kappa shape index (κ1) is 12.5. The number of alkyl halides is 3. The van der Waals surface area contributed by atoms with Gasteiger partial charge in [-0.1, -0.05) is 0 Å². The van der Waals surface area contributed by atoms with Crippen molar-refractivity contribution in [1.82, 2.24) is 9.78 Å². The van der Waals surface area contributed by atoms with Crippen LogP contribution in [0.5, 0.6) is 0 Å². The summed E-state index contributed by atoms with van der Waals surface area (Å²) in [5.41, 5.74) is 7.02. The standard InChI is InChI=1S/C12H12F3N3/c1-7-5-8(2)18(17-7)11-4-3-9(6-10(11)16)12(13,14)15/h3-6H,16H2,1-2H3. The van der Waals surface area contributed by atoms with Gasteiger partial charge in [0, 0.05) is 5.69 Å². The monoisotopic (exact) mass is 255 g/mol. The van der Waals surface area contributed by atoms with E-state index in [-0.39, 0.29) is 5.69 Å². The molecular weight excluding hydrogens is 243 g/mol. The second-order valence-corrected chi connectivity index (χ2v) is 4.11. The lowest BCUT2D eigenvalue weighted by molar-refractivity contribution is -0.137. The Hall–Kier alpha value is -1.98. The minimum atomic E-state index is -4.39. The first-order chi connectivity index (χ1) is 8.29. The number of nitrogens with two attached hydrogens (primary N) is 1. The highest BCUT2D eigenvalue weighted by molar-refractivity contribution is 5.59. The second-order valence-electron chi connectivity index (χ2n) is 4.11. The van der Waals surface area contributed by atoms with E-state index in [1.807, 2.05) is 19.9 Å². The Morgan fingerprint density at radius 1 is 1.17 bits per heavy atom. The molecule has 2 rings (SSSR count). The summed E-state index contributed by atoms with van der Waals surface area (Å²) in [6.45, 7) is 3.63. The molecule has 0 saturated heterocycles. The fourth-order valence-corrected chi connectivity index (χ4v) is 1.80. The smallest absolute Gasteiger partial charge is 0.397 e. The molecule has 0 bridgehead atoms. The van der Waals surface area contributed by atoms with Crippen molar-refractivity contribution in [3.63, 3.8) is 0 Å². The quantitative estimate of drug-likeness (QED) is 0.796. The Morgan fingerprint density at radius 3 is 2.28 bits per heavy atom. The summed E-state index contributed by atoms with van der Waals surface area (Å²) >= 11 is 0. The molecule has 0 aliphatic heterocycles. The van der Waals surface area contributed by atoms with Crippen LogP contribution in [0.2, 0.25) is 0 Å². The number of nitrogen functional groups attached to an aromatic ring is 1. The lowest BCUT2D eigenvalue weighted by Gasteiger charge is -2.11. The zero-order valence-corrected chi connectivity index (χ0v) is 9.92. The first-order valence-corrected chi connectivity index (χ1v) is 5.29. The maximum Gasteiger partial charge on any atom is 0.416 e. The van der Waals surface area contributed by atoms with Crippen LogP contribution >= 0.6 is 0 Å². The Kier molecular flexibility index (Phi) is 2.80. The highest BCUT2D eigenvalue weighted by atomic mass is 19.4. The van der Waals surface area contributed by atoms with Gasteiger partial charge in [0.15, 0.2) is 0 Å². The summed E-state index contributed by atoms with van der Waals surface area (Å²) in [7, 11) is 0. The van der Waals surface area contributed by atoms with Gasteiger partial charge < -0.3 is 5.73 Å². The fourth-order valence-electron chi connectivity index (χ4n) is 1.80. The third-order valence-corrected chi connectivity index (χ3v) is 2.59. The van der Waals surface area contributed by atoms with E-state index in [9.17, 15) is 13.2 Å². The van der Waals surface area contributed by atoms with Crippen LogP contribution in [0, 0.1) is 13.8 Å². The van der Waals surface area contributed by atoms with Gasteiger partial charge in [0.1, 0.15) is 0 Å². The molecule has 0 amide bonds. The van der Waals surface area contributed by atoms with Gasteiger partial charge in [-0.15, -0.1) is 0 Å². The molecule has 0 unspecified atom stereocenters. The van der Waals surface area contributed by atoms with E-state index in [0.29, 0.717) is 5.69 Å². The molecule has 1 heterocycles. The van der Waals surface area contributed by atoms with Crippen molar-refractivity contribution in [2.45, 2.75) is 20.0 Å². The van der Waals surface area contributed by atoms with Gasteiger partial charge in [0.05, 0.1) is 22.6 Å². The number of hydrogen-bond acceptors (Lipinski definition) is 2. The van der Waals surface area contributed by atoms with Gasteiger partial charge in [-0.05, 0) is 38.1 Å². The Bertz CT molecular complexity index is 585. The molecule has 0 saturated carbocycles. The number of halogens is 3. The molecule has 0 fully saturated rings. The first-order valence-electron chi connectivity index (χ1n) is 5.29. The van der Waals surface area contributed by atoms with E-state index in [0.717, 1.165) is 23.5 Å². The molecule has 0 aliphatic rings. The van der Waals surface area contributed by atoms with Gasteiger partial charge in [-0.3, -0.25) is 0 Å².